The Kier molecular flexibility index (Phi) is 7.47. The van der Waals surface area contributed by atoms with Crippen molar-refractivity contribution in [3.8, 4) is 6.07 Å². The highest BCUT2D eigenvalue weighted by Gasteiger charge is 2.15. The van der Waals surface area contributed by atoms with E-state index in [1.807, 2.05) is 26.0 Å². The van der Waals surface area contributed by atoms with Gasteiger partial charge >= 0.3 is 6.03 Å². The van der Waals surface area contributed by atoms with Crippen LogP contribution in [0.4, 0.5) is 21.9 Å². The van der Waals surface area contributed by atoms with Crippen LogP contribution in [0.1, 0.15) is 34.7 Å². The zero-order chi connectivity index (χ0) is 24.0. The van der Waals surface area contributed by atoms with Gasteiger partial charge in [0.25, 0.3) is 0 Å². The molecule has 0 aliphatic carbocycles. The van der Waals surface area contributed by atoms with E-state index in [1.165, 1.54) is 16.7 Å². The first kappa shape index (κ1) is 23.6. The minimum Gasteiger partial charge on any atom is -0.326 e. The Morgan fingerprint density at radius 2 is 1.55 bits per heavy atom. The number of benzene rings is 3. The summed E-state index contributed by atoms with van der Waals surface area (Å²) in [5.74, 6) is -0.226. The third-order valence-corrected chi connectivity index (χ3v) is 5.49. The molecule has 0 spiro atoms. The summed E-state index contributed by atoms with van der Waals surface area (Å²) in [6.45, 7) is 7.92. The zero-order valence-corrected chi connectivity index (χ0v) is 19.3. The second-order valence-corrected chi connectivity index (χ2v) is 8.32. The molecule has 1 unspecified atom stereocenters. The molecule has 3 N–H and O–H groups in total. The predicted octanol–water partition coefficient (Wildman–Crippen LogP) is 5.94. The molecule has 3 amide bonds. The average molecular weight is 441 g/mol. The van der Waals surface area contributed by atoms with Crippen molar-refractivity contribution in [2.24, 2.45) is 5.92 Å². The van der Waals surface area contributed by atoms with E-state index in [4.69, 9.17) is 5.26 Å². The maximum absolute atomic E-state index is 12.7. The van der Waals surface area contributed by atoms with Gasteiger partial charge in [0, 0.05) is 23.0 Å². The number of carbonyl (C=O) groups is 2. The van der Waals surface area contributed by atoms with Gasteiger partial charge in [0.15, 0.2) is 0 Å². The number of urea groups is 1. The molecule has 0 aromatic heterocycles. The number of amides is 3. The summed E-state index contributed by atoms with van der Waals surface area (Å²) < 4.78 is 0. The lowest BCUT2D eigenvalue weighted by molar-refractivity contribution is -0.119. The summed E-state index contributed by atoms with van der Waals surface area (Å²) in [5, 5.41) is 17.4. The molecule has 0 aliphatic rings. The first-order valence-electron chi connectivity index (χ1n) is 10.8. The number of hydrogen-bond donors (Lipinski definition) is 3. The highest BCUT2D eigenvalue weighted by atomic mass is 16.2. The van der Waals surface area contributed by atoms with Crippen molar-refractivity contribution >= 4 is 29.0 Å². The van der Waals surface area contributed by atoms with Gasteiger partial charge < -0.3 is 16.0 Å². The van der Waals surface area contributed by atoms with E-state index in [1.54, 1.807) is 36.4 Å². The van der Waals surface area contributed by atoms with Crippen LogP contribution in [0.5, 0.6) is 0 Å². The van der Waals surface area contributed by atoms with Crippen LogP contribution in [-0.2, 0) is 11.2 Å². The van der Waals surface area contributed by atoms with Gasteiger partial charge in [-0.05, 0) is 86.3 Å². The van der Waals surface area contributed by atoms with Crippen LogP contribution in [0, 0.1) is 38.0 Å². The number of nitriles is 1. The fourth-order valence-electron chi connectivity index (χ4n) is 3.56. The average Bonchev–Trinajstić information content (AvgIpc) is 2.78. The van der Waals surface area contributed by atoms with Crippen LogP contribution >= 0.6 is 0 Å². The summed E-state index contributed by atoms with van der Waals surface area (Å²) in [6.07, 6.45) is 0.673. The Morgan fingerprint density at radius 3 is 2.18 bits per heavy atom. The van der Waals surface area contributed by atoms with Crippen molar-refractivity contribution in [2.45, 2.75) is 34.1 Å². The van der Waals surface area contributed by atoms with E-state index in [-0.39, 0.29) is 17.9 Å². The first-order chi connectivity index (χ1) is 15.7. The van der Waals surface area contributed by atoms with E-state index in [9.17, 15) is 9.59 Å². The first-order valence-corrected chi connectivity index (χ1v) is 10.8. The van der Waals surface area contributed by atoms with Gasteiger partial charge in [-0.2, -0.15) is 5.26 Å². The van der Waals surface area contributed by atoms with Crippen LogP contribution in [0.2, 0.25) is 0 Å². The number of carbonyl (C=O) groups excluding carboxylic acids is 2. The summed E-state index contributed by atoms with van der Waals surface area (Å²) in [5.41, 5.74) is 6.84. The lowest BCUT2D eigenvalue weighted by Gasteiger charge is -2.16. The standard InChI is InChI=1S/C27H28N4O2/c1-17-5-8-22(18(2)13-17)14-20(4)26(32)29-24-11-12-25(19(3)15-24)31-27(33)30-23-9-6-21(16-28)7-10-23/h5-13,15,20H,14H2,1-4H3,(H,29,32)(H2,30,31,33). The molecule has 0 heterocycles. The Balaban J connectivity index is 1.58. The molecule has 168 valence electrons. The quantitative estimate of drug-likeness (QED) is 0.442. The summed E-state index contributed by atoms with van der Waals surface area (Å²) >= 11 is 0. The molecule has 3 rings (SSSR count). The number of anilines is 3. The molecule has 6 nitrogen and oxygen atoms in total. The fourth-order valence-corrected chi connectivity index (χ4v) is 3.56. The molecule has 3 aromatic carbocycles. The lowest BCUT2D eigenvalue weighted by atomic mass is 9.95. The van der Waals surface area contributed by atoms with Gasteiger partial charge in [-0.25, -0.2) is 4.79 Å². The highest BCUT2D eigenvalue weighted by Crippen LogP contribution is 2.22. The van der Waals surface area contributed by atoms with Crippen molar-refractivity contribution in [2.75, 3.05) is 16.0 Å². The van der Waals surface area contributed by atoms with Crippen LogP contribution in [-0.4, -0.2) is 11.9 Å². The molecule has 33 heavy (non-hydrogen) atoms. The van der Waals surface area contributed by atoms with E-state index in [2.05, 4.69) is 48.0 Å². The summed E-state index contributed by atoms with van der Waals surface area (Å²) in [7, 11) is 0. The summed E-state index contributed by atoms with van der Waals surface area (Å²) in [6, 6.07) is 19.9. The van der Waals surface area contributed by atoms with Crippen LogP contribution in [0.25, 0.3) is 0 Å². The molecule has 0 aliphatic heterocycles. The molecular formula is C27H28N4O2. The number of nitrogens with one attached hydrogen (secondary N) is 3. The van der Waals surface area contributed by atoms with Crippen LogP contribution in [0.15, 0.2) is 60.7 Å². The summed E-state index contributed by atoms with van der Waals surface area (Å²) in [4.78, 5) is 25.0. The second kappa shape index (κ2) is 10.5. The monoisotopic (exact) mass is 440 g/mol. The smallest absolute Gasteiger partial charge is 0.323 e. The zero-order valence-electron chi connectivity index (χ0n) is 19.3. The van der Waals surface area contributed by atoms with Crippen molar-refractivity contribution in [3.05, 3.63) is 88.5 Å². The number of hydrogen-bond acceptors (Lipinski definition) is 3. The maximum atomic E-state index is 12.7. The topological polar surface area (TPSA) is 94.0 Å². The van der Waals surface area contributed by atoms with Gasteiger partial charge in [-0.15, -0.1) is 0 Å². The van der Waals surface area contributed by atoms with Gasteiger partial charge in [0.1, 0.15) is 0 Å². The molecule has 1 atom stereocenters. The number of aryl methyl sites for hydroxylation is 3. The minimum atomic E-state index is -0.387. The number of rotatable bonds is 6. The molecule has 6 heteroatoms. The second-order valence-electron chi connectivity index (χ2n) is 8.32. The van der Waals surface area contributed by atoms with E-state index in [0.29, 0.717) is 29.0 Å². The van der Waals surface area contributed by atoms with Gasteiger partial charge in [-0.1, -0.05) is 30.7 Å². The van der Waals surface area contributed by atoms with Gasteiger partial charge in [0.2, 0.25) is 5.91 Å². The van der Waals surface area contributed by atoms with E-state index < -0.39 is 0 Å². The lowest BCUT2D eigenvalue weighted by Crippen LogP contribution is -2.23. The Morgan fingerprint density at radius 1 is 0.848 bits per heavy atom. The molecule has 0 fully saturated rings. The normalized spacial score (nSPS) is 11.2. The minimum absolute atomic E-state index is 0.0476. The Bertz CT molecular complexity index is 1210. The largest absolute Gasteiger partial charge is 0.326 e. The SMILES string of the molecule is Cc1ccc(CC(C)C(=O)Nc2ccc(NC(=O)Nc3ccc(C#N)cc3)c(C)c2)c(C)c1. The molecule has 0 bridgehead atoms. The maximum Gasteiger partial charge on any atom is 0.323 e. The molecule has 0 saturated carbocycles. The fraction of sp³-hybridized carbons (Fsp3) is 0.222. The van der Waals surface area contributed by atoms with Crippen molar-refractivity contribution in [3.63, 3.8) is 0 Å². The van der Waals surface area contributed by atoms with Gasteiger partial charge in [-0.3, -0.25) is 4.79 Å². The highest BCUT2D eigenvalue weighted by molar-refractivity contribution is 6.00. The third kappa shape index (κ3) is 6.44. The van der Waals surface area contributed by atoms with Crippen LogP contribution < -0.4 is 16.0 Å². The Labute approximate surface area is 194 Å². The van der Waals surface area contributed by atoms with Gasteiger partial charge in [0.05, 0.1) is 11.6 Å². The van der Waals surface area contributed by atoms with E-state index in [0.717, 1.165) is 5.56 Å². The molecule has 0 radical (unpaired) electrons. The third-order valence-electron chi connectivity index (χ3n) is 5.49. The van der Waals surface area contributed by atoms with Crippen molar-refractivity contribution in [1.82, 2.24) is 0 Å². The molecular weight excluding hydrogens is 412 g/mol. The van der Waals surface area contributed by atoms with Crippen molar-refractivity contribution in [1.29, 1.82) is 5.26 Å². The molecule has 3 aromatic rings. The molecule has 0 saturated heterocycles. The Hall–Kier alpha value is -4.11. The van der Waals surface area contributed by atoms with Crippen LogP contribution in [0.3, 0.4) is 0 Å². The van der Waals surface area contributed by atoms with E-state index >= 15 is 0 Å². The predicted molar refractivity (Wildman–Crippen MR) is 132 cm³/mol. The van der Waals surface area contributed by atoms with Crippen molar-refractivity contribution < 1.29 is 9.59 Å². The number of nitrogens with zero attached hydrogens (tertiary/aromatic N) is 1.